The minimum absolute atomic E-state index is 0.0538. The number of rotatable bonds is 5. The second kappa shape index (κ2) is 13.6. The molecule has 4 saturated carbocycles. The van der Waals surface area contributed by atoms with Gasteiger partial charge in [0, 0.05) is 39.3 Å². The van der Waals surface area contributed by atoms with Crippen LogP contribution in [-0.4, -0.2) is 19.9 Å². The summed E-state index contributed by atoms with van der Waals surface area (Å²) in [5, 5.41) is 3.95. The molecule has 0 saturated heterocycles. The van der Waals surface area contributed by atoms with E-state index < -0.39 is 0 Å². The zero-order chi connectivity index (χ0) is 40.1. The molecular formula is C57H44N4. The van der Waals surface area contributed by atoms with Crippen molar-refractivity contribution in [3.8, 4) is 67.5 Å². The third kappa shape index (κ3) is 5.37. The lowest BCUT2D eigenvalue weighted by atomic mass is 9.50. The van der Waals surface area contributed by atoms with Crippen molar-refractivity contribution in [1.82, 2.24) is 19.9 Å². The monoisotopic (exact) mass is 784 g/mol. The SMILES string of the molecule is c1ccc(-c2nc(-c3ccc(-c4cccc5cccnc45)cc3)nc(-c3cccc(-c4cccc5c4-c4ccc6ccccc6c4C54C5CCC6CC(C5)CC4C6)c3)n2)cc1. The first-order valence-electron chi connectivity index (χ1n) is 22.2. The van der Waals surface area contributed by atoms with Gasteiger partial charge in [-0.1, -0.05) is 158 Å². The van der Waals surface area contributed by atoms with Crippen molar-refractivity contribution in [2.45, 2.75) is 43.9 Å². The summed E-state index contributed by atoms with van der Waals surface area (Å²) in [4.78, 5) is 20.2. The smallest absolute Gasteiger partial charge is 0.164 e. The Balaban J connectivity index is 0.955. The molecule has 1 spiro atoms. The summed E-state index contributed by atoms with van der Waals surface area (Å²) >= 11 is 0. The van der Waals surface area contributed by atoms with Gasteiger partial charge in [0.25, 0.3) is 0 Å². The van der Waals surface area contributed by atoms with Crippen LogP contribution in [0, 0.1) is 23.7 Å². The van der Waals surface area contributed by atoms with E-state index in [0.717, 1.165) is 50.6 Å². The number of nitrogens with zero attached hydrogens (tertiary/aromatic N) is 4. The average Bonchev–Trinajstić information content (AvgIpc) is 3.48. The molecule has 0 amide bonds. The Morgan fingerprint density at radius 3 is 1.97 bits per heavy atom. The fourth-order valence-electron chi connectivity index (χ4n) is 12.7. The van der Waals surface area contributed by atoms with Crippen molar-refractivity contribution in [3.05, 3.63) is 181 Å². The van der Waals surface area contributed by atoms with Crippen LogP contribution < -0.4 is 0 Å². The fraction of sp³-hybridized carbons (Fsp3) is 0.193. The first kappa shape index (κ1) is 35.0. The van der Waals surface area contributed by atoms with Crippen molar-refractivity contribution in [3.63, 3.8) is 0 Å². The van der Waals surface area contributed by atoms with Gasteiger partial charge in [0.15, 0.2) is 17.5 Å². The van der Waals surface area contributed by atoms with Gasteiger partial charge in [0.1, 0.15) is 0 Å². The van der Waals surface area contributed by atoms with Crippen LogP contribution in [0.3, 0.4) is 0 Å². The second-order valence-electron chi connectivity index (χ2n) is 18.2. The molecule has 0 aliphatic heterocycles. The summed E-state index contributed by atoms with van der Waals surface area (Å²) in [6.45, 7) is 0. The Labute approximate surface area is 356 Å². The number of para-hydroxylation sites is 1. The van der Waals surface area contributed by atoms with Crippen molar-refractivity contribution in [2.75, 3.05) is 0 Å². The minimum Gasteiger partial charge on any atom is -0.256 e. The van der Waals surface area contributed by atoms with Crippen LogP contribution in [0.15, 0.2) is 170 Å². The van der Waals surface area contributed by atoms with Gasteiger partial charge in [-0.05, 0) is 118 Å². The molecule has 61 heavy (non-hydrogen) atoms. The molecule has 5 atom stereocenters. The Kier molecular flexibility index (Phi) is 7.82. The Bertz CT molecular complexity index is 3180. The predicted octanol–water partition coefficient (Wildman–Crippen LogP) is 14.0. The molecule has 2 aromatic heterocycles. The third-order valence-electron chi connectivity index (χ3n) is 15.0. The molecule has 5 aliphatic rings. The number of benzene rings is 7. The van der Waals surface area contributed by atoms with Crippen LogP contribution in [0.4, 0.5) is 0 Å². The van der Waals surface area contributed by atoms with Gasteiger partial charge in [0.2, 0.25) is 0 Å². The highest BCUT2D eigenvalue weighted by atomic mass is 15.0. The standard InChI is InChI=1S/C57H44N4/c1-2-11-40(12-3-1)54-59-55(41-24-22-38(23-25-41)48-19-7-13-39-16-9-29-58-53(39)48)61-56(60-54)43-15-6-14-42(34-43)46-18-8-20-50-51(46)49-28-26-37-10-4-5-17-47(37)52(49)57(50)44-27-21-35-30-36(32-44)33-45(57)31-35/h1-20,22-26,28-29,34-36,44-45H,21,27,30-33H2. The van der Waals surface area contributed by atoms with Gasteiger partial charge in [-0.15, -0.1) is 0 Å². The number of aromatic nitrogens is 4. The van der Waals surface area contributed by atoms with Gasteiger partial charge >= 0.3 is 0 Å². The van der Waals surface area contributed by atoms with Gasteiger partial charge in [0.05, 0.1) is 5.52 Å². The van der Waals surface area contributed by atoms with Gasteiger partial charge < -0.3 is 0 Å². The van der Waals surface area contributed by atoms with Crippen LogP contribution in [0.25, 0.3) is 89.2 Å². The first-order chi connectivity index (χ1) is 30.2. The Morgan fingerprint density at radius 1 is 0.426 bits per heavy atom. The van der Waals surface area contributed by atoms with Gasteiger partial charge in [-0.3, -0.25) is 4.98 Å². The predicted molar refractivity (Wildman–Crippen MR) is 248 cm³/mol. The number of pyridine rings is 1. The van der Waals surface area contributed by atoms with Crippen molar-refractivity contribution in [1.29, 1.82) is 0 Å². The molecule has 14 rings (SSSR count). The number of hydrogen-bond acceptors (Lipinski definition) is 4. The average molecular weight is 785 g/mol. The summed E-state index contributed by atoms with van der Waals surface area (Å²) in [5.41, 5.74) is 14.7. The Morgan fingerprint density at radius 2 is 1.08 bits per heavy atom. The molecule has 9 aromatic rings. The highest BCUT2D eigenvalue weighted by Gasteiger charge is 2.60. The highest BCUT2D eigenvalue weighted by Crippen LogP contribution is 2.69. The molecule has 4 bridgehead atoms. The molecule has 5 aliphatic carbocycles. The van der Waals surface area contributed by atoms with Gasteiger partial charge in [-0.25, -0.2) is 15.0 Å². The van der Waals surface area contributed by atoms with Crippen LogP contribution in [0.2, 0.25) is 0 Å². The van der Waals surface area contributed by atoms with Crippen molar-refractivity contribution in [2.24, 2.45) is 23.7 Å². The van der Waals surface area contributed by atoms with E-state index in [-0.39, 0.29) is 5.41 Å². The number of fused-ring (bicyclic) bond motifs is 7. The Hall–Kier alpha value is -6.78. The van der Waals surface area contributed by atoms with Crippen LogP contribution in [0.1, 0.15) is 49.7 Å². The van der Waals surface area contributed by atoms with Gasteiger partial charge in [-0.2, -0.15) is 0 Å². The van der Waals surface area contributed by atoms with Crippen LogP contribution in [-0.2, 0) is 5.41 Å². The van der Waals surface area contributed by atoms with Crippen molar-refractivity contribution >= 4 is 21.7 Å². The largest absolute Gasteiger partial charge is 0.256 e. The maximum Gasteiger partial charge on any atom is 0.164 e. The molecule has 4 nitrogen and oxygen atoms in total. The first-order valence-corrected chi connectivity index (χ1v) is 22.2. The summed E-state index contributed by atoms with van der Waals surface area (Å²) in [6.07, 6.45) is 10.1. The fourth-order valence-corrected chi connectivity index (χ4v) is 12.7. The molecule has 5 unspecified atom stereocenters. The van der Waals surface area contributed by atoms with Crippen LogP contribution in [0.5, 0.6) is 0 Å². The van der Waals surface area contributed by atoms with Crippen LogP contribution >= 0.6 is 0 Å². The zero-order valence-electron chi connectivity index (χ0n) is 34.0. The maximum atomic E-state index is 5.22. The molecule has 4 heteroatoms. The lowest BCUT2D eigenvalue weighted by Gasteiger charge is -2.53. The minimum atomic E-state index is 0.0538. The van der Waals surface area contributed by atoms with E-state index in [1.54, 1.807) is 11.1 Å². The summed E-state index contributed by atoms with van der Waals surface area (Å²) in [7, 11) is 0. The molecule has 292 valence electrons. The molecule has 0 radical (unpaired) electrons. The number of hydrogen-bond donors (Lipinski definition) is 0. The molecule has 4 fully saturated rings. The van der Waals surface area contributed by atoms with E-state index in [2.05, 4.69) is 140 Å². The topological polar surface area (TPSA) is 51.6 Å². The molecular weight excluding hydrogens is 741 g/mol. The lowest BCUT2D eigenvalue weighted by molar-refractivity contribution is 0.0626. The van der Waals surface area contributed by atoms with E-state index in [0.29, 0.717) is 29.3 Å². The van der Waals surface area contributed by atoms with E-state index in [1.807, 2.05) is 30.5 Å². The molecule has 7 aromatic carbocycles. The molecule has 0 N–H and O–H groups in total. The van der Waals surface area contributed by atoms with E-state index in [1.165, 1.54) is 71.6 Å². The normalized spacial score (nSPS) is 22.1. The quantitative estimate of drug-likeness (QED) is 0.174. The third-order valence-corrected chi connectivity index (χ3v) is 15.0. The van der Waals surface area contributed by atoms with E-state index in [9.17, 15) is 0 Å². The molecule has 2 heterocycles. The summed E-state index contributed by atoms with van der Waals surface area (Å²) in [5.74, 6) is 5.10. The highest BCUT2D eigenvalue weighted by molar-refractivity contribution is 6.02. The van der Waals surface area contributed by atoms with Crippen molar-refractivity contribution < 1.29 is 0 Å². The summed E-state index contributed by atoms with van der Waals surface area (Å²) < 4.78 is 0. The van der Waals surface area contributed by atoms with E-state index in [4.69, 9.17) is 19.9 Å². The lowest BCUT2D eigenvalue weighted by Crippen LogP contribution is -2.48. The summed E-state index contributed by atoms with van der Waals surface area (Å²) in [6, 6.07) is 59.5. The second-order valence-corrected chi connectivity index (χ2v) is 18.2. The maximum absolute atomic E-state index is 5.22. The van der Waals surface area contributed by atoms with E-state index >= 15 is 0 Å². The zero-order valence-corrected chi connectivity index (χ0v) is 34.0.